The molecule has 0 amide bonds. The van der Waals surface area contributed by atoms with Gasteiger partial charge in [-0.3, -0.25) is 4.90 Å². The van der Waals surface area contributed by atoms with Crippen LogP contribution in [0.2, 0.25) is 0 Å². The minimum Gasteiger partial charge on any atom is -0.373 e. The summed E-state index contributed by atoms with van der Waals surface area (Å²) in [4.78, 5) is 16.7. The van der Waals surface area contributed by atoms with E-state index in [1.54, 1.807) is 17.7 Å². The monoisotopic (exact) mass is 400 g/mol. The molecule has 1 fully saturated rings. The molecular formula is C20H28N6OS+2. The summed E-state index contributed by atoms with van der Waals surface area (Å²) >= 11 is 1.78. The Bertz CT molecular complexity index is 997. The highest BCUT2D eigenvalue weighted by atomic mass is 32.1. The molecule has 4 heterocycles. The number of pyridine rings is 1. The summed E-state index contributed by atoms with van der Waals surface area (Å²) in [5.74, 6) is 2.26. The van der Waals surface area contributed by atoms with E-state index in [1.807, 2.05) is 0 Å². The fourth-order valence-corrected chi connectivity index (χ4v) is 5.58. The summed E-state index contributed by atoms with van der Waals surface area (Å²) < 4.78 is 6.73. The highest BCUT2D eigenvalue weighted by Crippen LogP contribution is 2.41. The van der Waals surface area contributed by atoms with E-state index in [1.165, 1.54) is 33.6 Å². The van der Waals surface area contributed by atoms with E-state index in [2.05, 4.69) is 30.9 Å². The molecule has 7 nitrogen and oxygen atoms in total. The summed E-state index contributed by atoms with van der Waals surface area (Å²) in [7, 11) is 0. The normalized spacial score (nSPS) is 16.8. The zero-order valence-corrected chi connectivity index (χ0v) is 17.0. The number of quaternary nitrogens is 1. The standard InChI is InChI=1S/C20H26N6OS/c21-6-1-2-7-22-18-17-16(23-12-24-18)15-13-4-3-5-14(13)19(25-20(15)28-17)26-8-10-27-11-9-26/h12H,1-11,21H2,(H,22,23,24)/p+2. The number of unbranched alkanes of at least 4 members (excludes halogenated alkanes) is 1. The van der Waals surface area contributed by atoms with Gasteiger partial charge in [0.2, 0.25) is 0 Å². The molecule has 1 aliphatic carbocycles. The number of rotatable bonds is 6. The first-order valence-corrected chi connectivity index (χ1v) is 11.2. The molecule has 8 heteroatoms. The lowest BCUT2D eigenvalue weighted by molar-refractivity contribution is -0.368. The number of ether oxygens (including phenoxy) is 1. The van der Waals surface area contributed by atoms with Gasteiger partial charge >= 0.3 is 0 Å². The number of aromatic nitrogens is 3. The van der Waals surface area contributed by atoms with Gasteiger partial charge in [-0.25, -0.2) is 15.0 Å². The van der Waals surface area contributed by atoms with Crippen molar-refractivity contribution in [2.45, 2.75) is 32.1 Å². The Morgan fingerprint density at radius 3 is 2.89 bits per heavy atom. The predicted molar refractivity (Wildman–Crippen MR) is 112 cm³/mol. The Hall–Kier alpha value is -2.03. The van der Waals surface area contributed by atoms with Crippen LogP contribution in [0.15, 0.2) is 6.33 Å². The van der Waals surface area contributed by atoms with E-state index < -0.39 is 0 Å². The number of nitrogens with zero attached hydrogens (tertiary/aromatic N) is 3. The average molecular weight is 401 g/mol. The van der Waals surface area contributed by atoms with E-state index in [9.17, 15) is 0 Å². The topological polar surface area (TPSA) is 92.1 Å². The third-order valence-corrected chi connectivity index (χ3v) is 6.91. The van der Waals surface area contributed by atoms with Crippen molar-refractivity contribution < 1.29 is 15.5 Å². The summed E-state index contributed by atoms with van der Waals surface area (Å²) in [6, 6.07) is 0. The van der Waals surface area contributed by atoms with Gasteiger partial charge in [0.15, 0.2) is 4.83 Å². The molecule has 0 aromatic carbocycles. The van der Waals surface area contributed by atoms with Crippen molar-refractivity contribution >= 4 is 43.4 Å². The Balaban J connectivity index is 1.60. The molecule has 0 radical (unpaired) electrons. The van der Waals surface area contributed by atoms with Crippen LogP contribution in [0.3, 0.4) is 0 Å². The van der Waals surface area contributed by atoms with Crippen LogP contribution < -0.4 is 20.9 Å². The maximum Gasteiger partial charge on any atom is 0.279 e. The molecule has 2 aliphatic rings. The third-order valence-electron chi connectivity index (χ3n) is 5.81. The van der Waals surface area contributed by atoms with Crippen molar-refractivity contribution in [3.8, 4) is 0 Å². The molecule has 0 unspecified atom stereocenters. The fourth-order valence-electron chi connectivity index (χ4n) is 4.43. The second-order valence-electron chi connectivity index (χ2n) is 7.58. The lowest BCUT2D eigenvalue weighted by Crippen LogP contribution is -2.50. The first kappa shape index (κ1) is 18.0. The van der Waals surface area contributed by atoms with Crippen LogP contribution in [0.25, 0.3) is 20.4 Å². The molecule has 3 aromatic heterocycles. The number of morpholine rings is 1. The van der Waals surface area contributed by atoms with Crippen LogP contribution in [-0.4, -0.2) is 49.4 Å². The van der Waals surface area contributed by atoms with Gasteiger partial charge < -0.3 is 15.8 Å². The molecule has 0 saturated carbocycles. The SMILES string of the molecule is [NH3+]CCCCNc1ncnc2c1sc1[nH+]c(N3CCOCC3)c3c(c12)CCC3. The summed E-state index contributed by atoms with van der Waals surface area (Å²) in [5.41, 5.74) is 7.99. The van der Waals surface area contributed by atoms with Gasteiger partial charge in [0.1, 0.15) is 29.9 Å². The lowest BCUT2D eigenvalue weighted by Gasteiger charge is -2.23. The predicted octanol–water partition coefficient (Wildman–Crippen LogP) is 1.42. The summed E-state index contributed by atoms with van der Waals surface area (Å²) in [5, 5.41) is 4.83. The molecule has 0 bridgehead atoms. The number of aromatic amines is 1. The molecule has 148 valence electrons. The van der Waals surface area contributed by atoms with Crippen molar-refractivity contribution in [1.82, 2.24) is 9.97 Å². The van der Waals surface area contributed by atoms with Crippen LogP contribution >= 0.6 is 11.3 Å². The number of hydrogen-bond donors (Lipinski definition) is 2. The Morgan fingerprint density at radius 1 is 1.18 bits per heavy atom. The Morgan fingerprint density at radius 2 is 2.04 bits per heavy atom. The maximum atomic E-state index is 5.56. The van der Waals surface area contributed by atoms with Crippen molar-refractivity contribution in [3.05, 3.63) is 17.5 Å². The minimum absolute atomic E-state index is 0.805. The van der Waals surface area contributed by atoms with Gasteiger partial charge in [0.25, 0.3) is 5.82 Å². The molecular weight excluding hydrogens is 372 g/mol. The number of anilines is 2. The van der Waals surface area contributed by atoms with E-state index in [4.69, 9.17) is 4.74 Å². The number of H-pyrrole nitrogens is 1. The zero-order valence-electron chi connectivity index (χ0n) is 16.2. The zero-order chi connectivity index (χ0) is 18.9. The van der Waals surface area contributed by atoms with Gasteiger partial charge in [0, 0.05) is 12.1 Å². The van der Waals surface area contributed by atoms with E-state index in [-0.39, 0.29) is 0 Å². The first-order chi connectivity index (χ1) is 13.9. The van der Waals surface area contributed by atoms with Gasteiger partial charge in [-0.1, -0.05) is 11.3 Å². The van der Waals surface area contributed by atoms with Gasteiger partial charge in [-0.2, -0.15) is 0 Å². The third kappa shape index (κ3) is 3.09. The van der Waals surface area contributed by atoms with Crippen molar-refractivity contribution in [2.75, 3.05) is 49.6 Å². The highest BCUT2D eigenvalue weighted by molar-refractivity contribution is 7.25. The Kier molecular flexibility index (Phi) is 5.00. The lowest BCUT2D eigenvalue weighted by atomic mass is 10.1. The van der Waals surface area contributed by atoms with Gasteiger partial charge in [-0.05, 0) is 37.7 Å². The average Bonchev–Trinajstić information content (AvgIpc) is 3.35. The molecule has 3 aromatic rings. The number of aryl methyl sites for hydroxylation is 1. The van der Waals surface area contributed by atoms with Crippen LogP contribution in [0.5, 0.6) is 0 Å². The number of nitrogens with one attached hydrogen (secondary N) is 2. The van der Waals surface area contributed by atoms with Gasteiger partial charge in [-0.15, -0.1) is 0 Å². The second kappa shape index (κ2) is 7.77. The van der Waals surface area contributed by atoms with Crippen LogP contribution in [0.1, 0.15) is 30.4 Å². The van der Waals surface area contributed by atoms with Crippen LogP contribution in [0, 0.1) is 0 Å². The van der Waals surface area contributed by atoms with E-state index in [0.29, 0.717) is 0 Å². The molecule has 0 spiro atoms. The molecule has 5 rings (SSSR count). The molecule has 28 heavy (non-hydrogen) atoms. The van der Waals surface area contributed by atoms with Crippen molar-refractivity contribution in [3.63, 3.8) is 0 Å². The van der Waals surface area contributed by atoms with Crippen LogP contribution in [-0.2, 0) is 17.6 Å². The first-order valence-electron chi connectivity index (χ1n) is 10.4. The highest BCUT2D eigenvalue weighted by Gasteiger charge is 2.31. The molecule has 0 atom stereocenters. The summed E-state index contributed by atoms with van der Waals surface area (Å²) in [6.45, 7) is 5.43. The molecule has 1 saturated heterocycles. The number of fused-ring (bicyclic) bond motifs is 5. The second-order valence-corrected chi connectivity index (χ2v) is 8.60. The largest absolute Gasteiger partial charge is 0.373 e. The smallest absolute Gasteiger partial charge is 0.279 e. The van der Waals surface area contributed by atoms with Crippen molar-refractivity contribution in [1.29, 1.82) is 0 Å². The summed E-state index contributed by atoms with van der Waals surface area (Å²) in [6.07, 6.45) is 7.46. The maximum absolute atomic E-state index is 5.56. The van der Waals surface area contributed by atoms with Gasteiger partial charge in [0.05, 0.1) is 30.7 Å². The number of thiophene rings is 1. The van der Waals surface area contributed by atoms with Crippen LogP contribution in [0.4, 0.5) is 11.6 Å². The number of hydrogen-bond acceptors (Lipinski definition) is 6. The Labute approximate surface area is 168 Å². The minimum atomic E-state index is 0.805. The molecule has 5 N–H and O–H groups in total. The quantitative estimate of drug-likeness (QED) is 0.611. The van der Waals surface area contributed by atoms with Crippen molar-refractivity contribution in [2.24, 2.45) is 0 Å². The fraction of sp³-hybridized carbons (Fsp3) is 0.550. The van der Waals surface area contributed by atoms with E-state index in [0.717, 1.165) is 81.1 Å². The molecule has 1 aliphatic heterocycles. The van der Waals surface area contributed by atoms with E-state index >= 15 is 0 Å².